The normalized spacial score (nSPS) is 24.1. The standard InChI is InChI=1S/C19H18F3N3O3/c1-17(2)10-18(8-12(9-23)15(17)26)4-6-25(11-18)16(27)14-7-13(3-5-24-14)28-19(20,21)22/h3,5,7-8H,4,6,10-11H2,1-2H3/t18-/m1/s1. The molecule has 6 nitrogen and oxygen atoms in total. The number of nitriles is 1. The van der Waals surface area contributed by atoms with Crippen molar-refractivity contribution in [1.29, 1.82) is 5.26 Å². The maximum atomic E-state index is 12.7. The molecular weight excluding hydrogens is 375 g/mol. The van der Waals surface area contributed by atoms with E-state index in [-0.39, 0.29) is 23.6 Å². The number of pyridine rings is 1. The van der Waals surface area contributed by atoms with Crippen LogP contribution >= 0.6 is 0 Å². The van der Waals surface area contributed by atoms with Crippen LogP contribution < -0.4 is 4.74 Å². The number of amides is 1. The molecule has 0 bridgehead atoms. The van der Waals surface area contributed by atoms with Gasteiger partial charge in [-0.05, 0) is 18.9 Å². The predicted molar refractivity (Wildman–Crippen MR) is 91.0 cm³/mol. The number of likely N-dealkylation sites (tertiary alicyclic amines) is 1. The van der Waals surface area contributed by atoms with Gasteiger partial charge in [-0.3, -0.25) is 14.6 Å². The van der Waals surface area contributed by atoms with Gasteiger partial charge in [0.05, 0.1) is 5.57 Å². The minimum atomic E-state index is -4.86. The molecule has 0 unspecified atom stereocenters. The molecule has 1 aliphatic heterocycles. The summed E-state index contributed by atoms with van der Waals surface area (Å²) in [6.07, 6.45) is -1.10. The van der Waals surface area contributed by atoms with Crippen LogP contribution in [0, 0.1) is 22.2 Å². The number of carbonyl (C=O) groups excluding carboxylic acids is 2. The summed E-state index contributed by atoms with van der Waals surface area (Å²) < 4.78 is 41.0. The van der Waals surface area contributed by atoms with Gasteiger partial charge in [0.15, 0.2) is 5.78 Å². The molecule has 2 aliphatic rings. The second-order valence-electron chi connectivity index (χ2n) is 7.82. The number of aromatic nitrogens is 1. The van der Waals surface area contributed by atoms with Crippen LogP contribution in [0.4, 0.5) is 13.2 Å². The maximum Gasteiger partial charge on any atom is 0.573 e. The number of rotatable bonds is 2. The first kappa shape index (κ1) is 19.9. The largest absolute Gasteiger partial charge is 0.573 e. The topological polar surface area (TPSA) is 83.3 Å². The molecule has 2 heterocycles. The van der Waals surface area contributed by atoms with E-state index >= 15 is 0 Å². The van der Waals surface area contributed by atoms with Crippen molar-refractivity contribution in [2.24, 2.45) is 10.8 Å². The number of alkyl halides is 3. The Hall–Kier alpha value is -2.89. The van der Waals surface area contributed by atoms with E-state index in [0.717, 1.165) is 18.3 Å². The third-order valence-corrected chi connectivity index (χ3v) is 5.08. The average Bonchev–Trinajstić information content (AvgIpc) is 2.99. The van der Waals surface area contributed by atoms with Gasteiger partial charge in [-0.1, -0.05) is 19.9 Å². The van der Waals surface area contributed by atoms with Gasteiger partial charge in [0.25, 0.3) is 5.91 Å². The second-order valence-corrected chi connectivity index (χ2v) is 7.82. The minimum absolute atomic E-state index is 0.0873. The van der Waals surface area contributed by atoms with Crippen molar-refractivity contribution in [3.8, 4) is 11.8 Å². The number of allylic oxidation sites excluding steroid dienone is 1. The second kappa shape index (κ2) is 6.62. The Bertz CT molecular complexity index is 902. The van der Waals surface area contributed by atoms with Crippen molar-refractivity contribution < 1.29 is 27.5 Å². The average molecular weight is 393 g/mol. The zero-order valence-corrected chi connectivity index (χ0v) is 15.3. The van der Waals surface area contributed by atoms with E-state index in [0.29, 0.717) is 19.4 Å². The van der Waals surface area contributed by atoms with Gasteiger partial charge in [-0.2, -0.15) is 5.26 Å². The van der Waals surface area contributed by atoms with E-state index in [1.54, 1.807) is 19.9 Å². The molecule has 1 saturated heterocycles. The molecule has 1 atom stereocenters. The summed E-state index contributed by atoms with van der Waals surface area (Å²) in [6, 6.07) is 3.91. The number of hydrogen-bond donors (Lipinski definition) is 0. The fourth-order valence-corrected chi connectivity index (χ4v) is 4.05. The molecule has 1 fully saturated rings. The van der Waals surface area contributed by atoms with Gasteiger partial charge in [-0.25, -0.2) is 0 Å². The zero-order valence-electron chi connectivity index (χ0n) is 15.3. The molecule has 1 aromatic heterocycles. The van der Waals surface area contributed by atoms with Gasteiger partial charge in [0, 0.05) is 36.2 Å². The van der Waals surface area contributed by atoms with Crippen molar-refractivity contribution in [3.05, 3.63) is 35.7 Å². The maximum absolute atomic E-state index is 12.7. The molecule has 1 aliphatic carbocycles. The molecule has 1 amide bonds. The highest BCUT2D eigenvalue weighted by molar-refractivity contribution is 6.03. The fourth-order valence-electron chi connectivity index (χ4n) is 4.05. The van der Waals surface area contributed by atoms with Gasteiger partial charge in [0.1, 0.15) is 17.5 Å². The van der Waals surface area contributed by atoms with Gasteiger partial charge in [0.2, 0.25) is 0 Å². The first-order chi connectivity index (χ1) is 12.9. The van der Waals surface area contributed by atoms with Crippen molar-refractivity contribution in [2.75, 3.05) is 13.1 Å². The quantitative estimate of drug-likeness (QED) is 0.770. The van der Waals surface area contributed by atoms with E-state index in [1.165, 1.54) is 4.90 Å². The third-order valence-electron chi connectivity index (χ3n) is 5.08. The molecule has 3 rings (SSSR count). The van der Waals surface area contributed by atoms with E-state index in [9.17, 15) is 28.0 Å². The lowest BCUT2D eigenvalue weighted by molar-refractivity contribution is -0.274. The molecule has 0 saturated carbocycles. The van der Waals surface area contributed by atoms with E-state index in [2.05, 4.69) is 9.72 Å². The molecule has 0 radical (unpaired) electrons. The fraction of sp³-hybridized carbons (Fsp3) is 0.474. The number of carbonyl (C=O) groups is 2. The summed E-state index contributed by atoms with van der Waals surface area (Å²) in [5, 5.41) is 9.28. The molecule has 9 heteroatoms. The number of halogens is 3. The summed E-state index contributed by atoms with van der Waals surface area (Å²) >= 11 is 0. The highest BCUT2D eigenvalue weighted by atomic mass is 19.4. The molecule has 0 N–H and O–H groups in total. The smallest absolute Gasteiger partial charge is 0.406 e. The Labute approximate surface area is 159 Å². The van der Waals surface area contributed by atoms with Crippen LogP contribution in [0.3, 0.4) is 0 Å². The first-order valence-electron chi connectivity index (χ1n) is 8.64. The molecule has 28 heavy (non-hydrogen) atoms. The Morgan fingerprint density at radius 3 is 2.75 bits per heavy atom. The van der Waals surface area contributed by atoms with E-state index in [1.807, 2.05) is 6.07 Å². The predicted octanol–water partition coefficient (Wildman–Crippen LogP) is 3.26. The summed E-state index contributed by atoms with van der Waals surface area (Å²) in [6.45, 7) is 4.15. The lowest BCUT2D eigenvalue weighted by atomic mass is 9.64. The number of nitrogens with zero attached hydrogens (tertiary/aromatic N) is 3. The molecule has 1 spiro atoms. The summed E-state index contributed by atoms with van der Waals surface area (Å²) in [4.78, 5) is 30.4. The monoisotopic (exact) mass is 393 g/mol. The Morgan fingerprint density at radius 1 is 1.39 bits per heavy atom. The molecule has 1 aromatic rings. The Kier molecular flexibility index (Phi) is 4.69. The zero-order chi connectivity index (χ0) is 20.7. The van der Waals surface area contributed by atoms with Crippen LogP contribution in [0.2, 0.25) is 0 Å². The number of Topliss-reactive ketones (excluding diaryl/α,β-unsaturated/α-hetero) is 1. The van der Waals surface area contributed by atoms with Gasteiger partial charge < -0.3 is 9.64 Å². The number of hydrogen-bond acceptors (Lipinski definition) is 5. The highest BCUT2D eigenvalue weighted by Gasteiger charge is 2.49. The lowest BCUT2D eigenvalue weighted by Crippen LogP contribution is -2.40. The van der Waals surface area contributed by atoms with E-state index < -0.39 is 28.8 Å². The van der Waals surface area contributed by atoms with Crippen LogP contribution in [0.1, 0.15) is 37.2 Å². The Morgan fingerprint density at radius 2 is 2.11 bits per heavy atom. The molecule has 0 aromatic carbocycles. The van der Waals surface area contributed by atoms with Crippen LogP contribution in [0.25, 0.3) is 0 Å². The van der Waals surface area contributed by atoms with Crippen LogP contribution in [0.15, 0.2) is 30.0 Å². The first-order valence-corrected chi connectivity index (χ1v) is 8.64. The van der Waals surface area contributed by atoms with E-state index in [4.69, 9.17) is 0 Å². The van der Waals surface area contributed by atoms with Gasteiger partial charge in [-0.15, -0.1) is 13.2 Å². The van der Waals surface area contributed by atoms with Crippen LogP contribution in [0.5, 0.6) is 5.75 Å². The van der Waals surface area contributed by atoms with Gasteiger partial charge >= 0.3 is 6.36 Å². The highest BCUT2D eigenvalue weighted by Crippen LogP contribution is 2.48. The number of ketones is 1. The molecular formula is C19H18F3N3O3. The van der Waals surface area contributed by atoms with Crippen molar-refractivity contribution in [1.82, 2.24) is 9.88 Å². The van der Waals surface area contributed by atoms with Crippen LogP contribution in [-0.4, -0.2) is 41.0 Å². The summed E-state index contributed by atoms with van der Waals surface area (Å²) in [5.41, 5.74) is -1.31. The lowest BCUT2D eigenvalue weighted by Gasteiger charge is -2.38. The number of ether oxygens (including phenoxy) is 1. The van der Waals surface area contributed by atoms with Crippen molar-refractivity contribution in [3.63, 3.8) is 0 Å². The van der Waals surface area contributed by atoms with Crippen molar-refractivity contribution in [2.45, 2.75) is 33.1 Å². The SMILES string of the molecule is CC1(C)C[C@]2(C=C(C#N)C1=O)CCN(C(=O)c1cc(OC(F)(F)F)ccn1)C2. The molecule has 148 valence electrons. The van der Waals surface area contributed by atoms with Crippen LogP contribution in [-0.2, 0) is 4.79 Å². The minimum Gasteiger partial charge on any atom is -0.406 e. The summed E-state index contributed by atoms with van der Waals surface area (Å²) in [7, 11) is 0. The third kappa shape index (κ3) is 3.86. The summed E-state index contributed by atoms with van der Waals surface area (Å²) in [5.74, 6) is -1.26. The van der Waals surface area contributed by atoms with Crippen molar-refractivity contribution >= 4 is 11.7 Å². The Balaban J connectivity index is 1.82.